The Morgan fingerprint density at radius 2 is 2.14 bits per heavy atom. The van der Waals surface area contributed by atoms with E-state index in [2.05, 4.69) is 12.2 Å². The lowest BCUT2D eigenvalue weighted by atomic mass is 10.1. The molecule has 0 amide bonds. The van der Waals surface area contributed by atoms with Gasteiger partial charge in [-0.25, -0.2) is 18.4 Å². The highest BCUT2D eigenvalue weighted by Gasteiger charge is 2.17. The molecule has 1 rings (SSSR count). The van der Waals surface area contributed by atoms with Gasteiger partial charge in [0.1, 0.15) is 0 Å². The maximum absolute atomic E-state index is 11.3. The maximum Gasteiger partial charge on any atom is 0.337 e. The number of carbonyl (C=O) groups is 1. The van der Waals surface area contributed by atoms with Gasteiger partial charge in [-0.2, -0.15) is 11.8 Å². The minimum Gasteiger partial charge on any atom is -0.478 e. The van der Waals surface area contributed by atoms with Crippen LogP contribution < -0.4 is 10.5 Å². The van der Waals surface area contributed by atoms with Crippen molar-refractivity contribution in [3.05, 3.63) is 23.8 Å². The second-order valence-corrected chi connectivity index (χ2v) is 7.54. The van der Waals surface area contributed by atoms with Crippen molar-refractivity contribution in [2.75, 3.05) is 16.8 Å². The van der Waals surface area contributed by atoms with Gasteiger partial charge in [-0.05, 0) is 43.0 Å². The Kier molecular flexibility index (Phi) is 6.50. The molecule has 0 aliphatic heterocycles. The number of hydrogen-bond donors (Lipinski definition) is 3. The molecule has 0 heterocycles. The predicted molar refractivity (Wildman–Crippen MR) is 85.5 cm³/mol. The van der Waals surface area contributed by atoms with Gasteiger partial charge in [0.25, 0.3) is 0 Å². The van der Waals surface area contributed by atoms with Crippen LogP contribution in [0.3, 0.4) is 0 Å². The van der Waals surface area contributed by atoms with Crippen molar-refractivity contribution in [1.29, 1.82) is 0 Å². The lowest BCUT2D eigenvalue weighted by Crippen LogP contribution is -2.19. The first-order valence-corrected chi connectivity index (χ1v) is 9.20. The largest absolute Gasteiger partial charge is 0.478 e. The molecule has 0 bridgehead atoms. The van der Waals surface area contributed by atoms with E-state index in [1.165, 1.54) is 12.1 Å². The van der Waals surface area contributed by atoms with Crippen molar-refractivity contribution in [2.24, 2.45) is 5.14 Å². The summed E-state index contributed by atoms with van der Waals surface area (Å²) < 4.78 is 22.6. The highest BCUT2D eigenvalue weighted by atomic mass is 32.2. The Morgan fingerprint density at radius 1 is 1.48 bits per heavy atom. The van der Waals surface area contributed by atoms with Gasteiger partial charge >= 0.3 is 5.97 Å². The van der Waals surface area contributed by atoms with E-state index in [-0.39, 0.29) is 16.5 Å². The number of carboxylic acid groups (broad SMARTS) is 1. The van der Waals surface area contributed by atoms with Crippen molar-refractivity contribution < 1.29 is 18.3 Å². The van der Waals surface area contributed by atoms with Crippen LogP contribution in [0.15, 0.2) is 23.1 Å². The second-order valence-electron chi connectivity index (χ2n) is 4.59. The van der Waals surface area contributed by atoms with Crippen LogP contribution in [0.4, 0.5) is 5.69 Å². The van der Waals surface area contributed by atoms with E-state index in [0.717, 1.165) is 24.0 Å². The molecular formula is C13H20N2O4S2. The van der Waals surface area contributed by atoms with Gasteiger partial charge in [-0.1, -0.05) is 6.92 Å². The van der Waals surface area contributed by atoms with Crippen LogP contribution in [0.1, 0.15) is 30.6 Å². The topological polar surface area (TPSA) is 109 Å². The summed E-state index contributed by atoms with van der Waals surface area (Å²) in [6.07, 6.45) is 0.883. The number of nitrogens with two attached hydrogens (primary N) is 1. The molecule has 6 nitrogen and oxygen atoms in total. The van der Waals surface area contributed by atoms with Crippen molar-refractivity contribution in [3.8, 4) is 0 Å². The van der Waals surface area contributed by atoms with Gasteiger partial charge in [0.05, 0.1) is 10.5 Å². The molecule has 0 radical (unpaired) electrons. The third-order valence-corrected chi connectivity index (χ3v) is 4.69. The Morgan fingerprint density at radius 3 is 2.67 bits per heavy atom. The van der Waals surface area contributed by atoms with E-state index in [9.17, 15) is 18.3 Å². The molecule has 0 saturated carbocycles. The summed E-state index contributed by atoms with van der Waals surface area (Å²) >= 11 is 1.81. The van der Waals surface area contributed by atoms with Crippen LogP contribution in [0.5, 0.6) is 0 Å². The number of thioether (sulfide) groups is 1. The number of aromatic carboxylic acids is 1. The van der Waals surface area contributed by atoms with Crippen molar-refractivity contribution in [1.82, 2.24) is 0 Å². The third kappa shape index (κ3) is 5.56. The quantitative estimate of drug-likeness (QED) is 0.628. The van der Waals surface area contributed by atoms with Crippen LogP contribution in [0.2, 0.25) is 0 Å². The molecule has 0 saturated heterocycles. The highest BCUT2D eigenvalue weighted by Crippen LogP contribution is 2.21. The smallest absolute Gasteiger partial charge is 0.337 e. The minimum absolute atomic E-state index is 0.0856. The number of nitrogens with one attached hydrogen (secondary N) is 1. The van der Waals surface area contributed by atoms with Crippen LogP contribution in [-0.4, -0.2) is 37.0 Å². The second kappa shape index (κ2) is 7.67. The molecule has 8 heteroatoms. The van der Waals surface area contributed by atoms with Gasteiger partial charge in [0.2, 0.25) is 10.0 Å². The number of hydrogen-bond acceptors (Lipinski definition) is 5. The van der Waals surface area contributed by atoms with Crippen molar-refractivity contribution in [2.45, 2.75) is 31.2 Å². The summed E-state index contributed by atoms with van der Waals surface area (Å²) in [5.41, 5.74) is 0.292. The third-order valence-electron chi connectivity index (χ3n) is 2.85. The van der Waals surface area contributed by atoms with Gasteiger partial charge < -0.3 is 10.4 Å². The van der Waals surface area contributed by atoms with Crippen LogP contribution in [-0.2, 0) is 10.0 Å². The van der Waals surface area contributed by atoms with Gasteiger partial charge in [-0.3, -0.25) is 0 Å². The number of rotatable bonds is 8. The summed E-state index contributed by atoms with van der Waals surface area (Å²) in [7, 11) is -3.92. The van der Waals surface area contributed by atoms with Crippen LogP contribution in [0, 0.1) is 0 Å². The molecule has 1 unspecified atom stereocenters. The Hall–Kier alpha value is -1.25. The number of carboxylic acids is 1. The fourth-order valence-corrected chi connectivity index (χ4v) is 3.09. The average Bonchev–Trinajstić information content (AvgIpc) is 2.37. The zero-order valence-corrected chi connectivity index (χ0v) is 13.6. The van der Waals surface area contributed by atoms with E-state index >= 15 is 0 Å². The SMILES string of the molecule is CCSCCC(C)Nc1ccc(S(N)(=O)=O)cc1C(=O)O. The Balaban J connectivity index is 2.94. The van der Waals surface area contributed by atoms with E-state index in [1.54, 1.807) is 0 Å². The average molecular weight is 332 g/mol. The first kappa shape index (κ1) is 17.8. The highest BCUT2D eigenvalue weighted by molar-refractivity contribution is 7.99. The van der Waals surface area contributed by atoms with Crippen LogP contribution >= 0.6 is 11.8 Å². The molecular weight excluding hydrogens is 312 g/mol. The molecule has 1 aromatic carbocycles. The Labute approximate surface area is 129 Å². The summed E-state index contributed by atoms with van der Waals surface area (Å²) in [6.45, 7) is 4.03. The van der Waals surface area contributed by atoms with Crippen molar-refractivity contribution >= 4 is 33.4 Å². The molecule has 0 spiro atoms. The minimum atomic E-state index is -3.92. The normalized spacial score (nSPS) is 12.9. The fourth-order valence-electron chi connectivity index (χ4n) is 1.75. The number of anilines is 1. The molecule has 118 valence electrons. The fraction of sp³-hybridized carbons (Fsp3) is 0.462. The molecule has 1 atom stereocenters. The first-order valence-electron chi connectivity index (χ1n) is 6.50. The van der Waals surface area contributed by atoms with E-state index in [0.29, 0.717) is 5.69 Å². The van der Waals surface area contributed by atoms with Gasteiger partial charge in [0.15, 0.2) is 0 Å². The molecule has 0 fully saturated rings. The lowest BCUT2D eigenvalue weighted by Gasteiger charge is -2.17. The number of primary sulfonamides is 1. The molecule has 0 aliphatic carbocycles. The van der Waals surface area contributed by atoms with E-state index in [1.807, 2.05) is 18.7 Å². The molecule has 0 aliphatic rings. The van der Waals surface area contributed by atoms with Gasteiger partial charge in [-0.15, -0.1) is 0 Å². The summed E-state index contributed by atoms with van der Waals surface area (Å²) in [5.74, 6) is 0.816. The molecule has 4 N–H and O–H groups in total. The summed E-state index contributed by atoms with van der Waals surface area (Å²) in [6, 6.07) is 3.90. The monoisotopic (exact) mass is 332 g/mol. The Bertz CT molecular complexity index is 602. The molecule has 0 aromatic heterocycles. The zero-order valence-electron chi connectivity index (χ0n) is 12.0. The molecule has 21 heavy (non-hydrogen) atoms. The van der Waals surface area contributed by atoms with E-state index in [4.69, 9.17) is 5.14 Å². The van der Waals surface area contributed by atoms with E-state index < -0.39 is 16.0 Å². The predicted octanol–water partition coefficient (Wildman–Crippen LogP) is 1.98. The number of benzene rings is 1. The maximum atomic E-state index is 11.3. The standard InChI is InChI=1S/C13H20N2O4S2/c1-3-20-7-6-9(2)15-12-5-4-10(21(14,18)19)8-11(12)13(16)17/h4-5,8-9,15H,3,6-7H2,1-2H3,(H,16,17)(H2,14,18,19). The zero-order chi connectivity index (χ0) is 16.0. The lowest BCUT2D eigenvalue weighted by molar-refractivity contribution is 0.0697. The number of sulfonamides is 1. The van der Waals surface area contributed by atoms with Crippen LogP contribution in [0.25, 0.3) is 0 Å². The van der Waals surface area contributed by atoms with Crippen molar-refractivity contribution in [3.63, 3.8) is 0 Å². The first-order chi connectivity index (χ1) is 9.75. The summed E-state index contributed by atoms with van der Waals surface area (Å²) in [4.78, 5) is 11.1. The van der Waals surface area contributed by atoms with Gasteiger partial charge in [0, 0.05) is 11.7 Å². The summed E-state index contributed by atoms with van der Waals surface area (Å²) in [5, 5.41) is 17.3. The molecule has 1 aromatic rings.